The summed E-state index contributed by atoms with van der Waals surface area (Å²) in [5, 5.41) is 0. The molecule has 2 heteroatoms. The molecule has 0 N–H and O–H groups in total. The molecule has 0 radical (unpaired) electrons. The van der Waals surface area contributed by atoms with Gasteiger partial charge in [0.1, 0.15) is 0 Å². The van der Waals surface area contributed by atoms with Gasteiger partial charge in [0.2, 0.25) is 0 Å². The Bertz CT molecular complexity index is 35.3. The molecule has 0 rings (SSSR count). The van der Waals surface area contributed by atoms with E-state index in [9.17, 15) is 0 Å². The highest BCUT2D eigenvalue weighted by Crippen LogP contribution is 2.01. The molecule has 0 aromatic carbocycles. The van der Waals surface area contributed by atoms with Crippen molar-refractivity contribution in [3.05, 3.63) is 0 Å². The lowest BCUT2D eigenvalue weighted by molar-refractivity contribution is 1.65. The Kier molecular flexibility index (Phi) is 2.07. The second-order valence-corrected chi connectivity index (χ2v) is 10.9. The van der Waals surface area contributed by atoms with Crippen LogP contribution in [0.2, 0.25) is 25.3 Å². The molecule has 0 unspecified atom stereocenters. The van der Waals surface area contributed by atoms with E-state index in [0.29, 0.717) is 0 Å². The first-order chi connectivity index (χ1) is 2.56. The van der Waals surface area contributed by atoms with Crippen molar-refractivity contribution in [2.75, 3.05) is 0 Å². The summed E-state index contributed by atoms with van der Waals surface area (Å²) in [7, 11) is 0.840. The van der Waals surface area contributed by atoms with Crippen LogP contribution in [0, 0.1) is 0 Å². The highest BCUT2D eigenvalue weighted by Gasteiger charge is 2.06. The van der Waals surface area contributed by atoms with Crippen LogP contribution in [0.1, 0.15) is 0 Å². The molecule has 38 valence electrons. The molecule has 0 aliphatic heterocycles. The SMILES string of the molecule is C[Si](C)(C)C[SiH3]. The summed E-state index contributed by atoms with van der Waals surface area (Å²) in [6.45, 7) is 7.25. The lowest BCUT2D eigenvalue weighted by Crippen LogP contribution is -2.18. The van der Waals surface area contributed by atoms with Gasteiger partial charge in [-0.05, 0) is 10.2 Å². The fourth-order valence-electron chi connectivity index (χ4n) is 0. The minimum Gasteiger partial charge on any atom is -0.0699 e. The van der Waals surface area contributed by atoms with Crippen LogP contribution in [0.3, 0.4) is 0 Å². The zero-order valence-corrected chi connectivity index (χ0v) is 8.21. The summed E-state index contributed by atoms with van der Waals surface area (Å²) >= 11 is 0. The molecule has 0 amide bonds. The maximum absolute atomic E-state index is 2.42. The molecule has 0 saturated heterocycles. The zero-order chi connectivity index (χ0) is 5.21. The number of rotatable bonds is 1. The van der Waals surface area contributed by atoms with E-state index >= 15 is 0 Å². The highest BCUT2D eigenvalue weighted by atomic mass is 28.4. The van der Waals surface area contributed by atoms with Gasteiger partial charge in [-0.25, -0.2) is 0 Å². The van der Waals surface area contributed by atoms with Crippen molar-refractivity contribution in [1.29, 1.82) is 0 Å². The Morgan fingerprint density at radius 1 is 1.33 bits per heavy atom. The monoisotopic (exact) mass is 118 g/mol. The topological polar surface area (TPSA) is 0 Å². The van der Waals surface area contributed by atoms with E-state index in [-0.39, 0.29) is 0 Å². The van der Waals surface area contributed by atoms with Gasteiger partial charge in [-0.3, -0.25) is 0 Å². The normalized spacial score (nSPS) is 12.5. The Morgan fingerprint density at radius 3 is 1.50 bits per heavy atom. The third kappa shape index (κ3) is 4.43. The summed E-state index contributed by atoms with van der Waals surface area (Å²) in [6, 6.07) is 0. The van der Waals surface area contributed by atoms with Crippen LogP contribution in [0.15, 0.2) is 0 Å². The summed E-state index contributed by atoms with van der Waals surface area (Å²) < 4.78 is 0. The van der Waals surface area contributed by atoms with Gasteiger partial charge in [0.15, 0.2) is 0 Å². The van der Waals surface area contributed by atoms with Gasteiger partial charge in [-0.2, -0.15) is 0 Å². The van der Waals surface area contributed by atoms with E-state index < -0.39 is 8.07 Å². The molecule has 0 spiro atoms. The molecule has 6 heavy (non-hydrogen) atoms. The summed E-state index contributed by atoms with van der Waals surface area (Å²) in [5.41, 5.74) is 1.55. The third-order valence-electron chi connectivity index (χ3n) is 1.06. The van der Waals surface area contributed by atoms with Crippen LogP contribution >= 0.6 is 0 Å². The molecule has 0 heterocycles. The standard InChI is InChI=1S/C4H14Si2/c1-6(2,3)4-5/h4H2,1-3,5H3. The van der Waals surface area contributed by atoms with Crippen molar-refractivity contribution in [3.63, 3.8) is 0 Å². The Morgan fingerprint density at radius 2 is 1.50 bits per heavy atom. The molecular formula is C4H14Si2. The van der Waals surface area contributed by atoms with Crippen molar-refractivity contribution >= 4 is 18.3 Å². The largest absolute Gasteiger partial charge is 0.0699 e. The lowest BCUT2D eigenvalue weighted by Gasteiger charge is -2.09. The van der Waals surface area contributed by atoms with Gasteiger partial charge in [-0.1, -0.05) is 25.3 Å². The highest BCUT2D eigenvalue weighted by molar-refractivity contribution is 6.80. The van der Waals surface area contributed by atoms with Gasteiger partial charge in [0.25, 0.3) is 0 Å². The first-order valence-electron chi connectivity index (χ1n) is 2.56. The van der Waals surface area contributed by atoms with Crippen LogP contribution in [0.25, 0.3) is 0 Å². The number of hydrogen-bond donors (Lipinski definition) is 0. The van der Waals surface area contributed by atoms with Crippen molar-refractivity contribution in [3.8, 4) is 0 Å². The molecule has 0 atom stereocenters. The minimum atomic E-state index is -0.569. The first-order valence-corrected chi connectivity index (χ1v) is 7.68. The number of hydrogen-bond acceptors (Lipinski definition) is 0. The van der Waals surface area contributed by atoms with E-state index in [2.05, 4.69) is 19.6 Å². The third-order valence-corrected chi connectivity index (χ3v) is 9.55. The molecule has 0 fully saturated rings. The molecule has 0 saturated carbocycles. The van der Waals surface area contributed by atoms with E-state index in [4.69, 9.17) is 0 Å². The second-order valence-electron chi connectivity index (χ2n) is 2.91. The fraction of sp³-hybridized carbons (Fsp3) is 1.00. The summed E-state index contributed by atoms with van der Waals surface area (Å²) in [4.78, 5) is 0. The lowest BCUT2D eigenvalue weighted by atomic mass is 11.8. The molecule has 0 aromatic rings. The molecule has 0 bridgehead atoms. The average molecular weight is 118 g/mol. The van der Waals surface area contributed by atoms with E-state index in [1.54, 1.807) is 5.67 Å². The van der Waals surface area contributed by atoms with Gasteiger partial charge in [-0.15, -0.1) is 0 Å². The molecule has 0 aliphatic carbocycles. The molecule has 0 aromatic heterocycles. The van der Waals surface area contributed by atoms with Crippen LogP contribution in [-0.2, 0) is 0 Å². The van der Waals surface area contributed by atoms with Crippen LogP contribution in [0.4, 0.5) is 0 Å². The van der Waals surface area contributed by atoms with Gasteiger partial charge in [0, 0.05) is 8.07 Å². The van der Waals surface area contributed by atoms with Crippen molar-refractivity contribution in [1.82, 2.24) is 0 Å². The predicted molar refractivity (Wildman–Crippen MR) is 38.1 cm³/mol. The van der Waals surface area contributed by atoms with Crippen LogP contribution in [0.5, 0.6) is 0 Å². The van der Waals surface area contributed by atoms with Crippen molar-refractivity contribution in [2.24, 2.45) is 0 Å². The first kappa shape index (κ1) is 6.43. The maximum atomic E-state index is 2.42. The fourth-order valence-corrected chi connectivity index (χ4v) is 0. The molecule has 0 nitrogen and oxygen atoms in total. The summed E-state index contributed by atoms with van der Waals surface area (Å²) in [5.74, 6) is 0. The zero-order valence-electron chi connectivity index (χ0n) is 5.21. The molecule has 0 aliphatic rings. The van der Waals surface area contributed by atoms with Gasteiger partial charge in [0.05, 0.1) is 0 Å². The van der Waals surface area contributed by atoms with Gasteiger partial charge >= 0.3 is 0 Å². The average Bonchev–Trinajstić information content (AvgIpc) is 1.35. The molecular weight excluding hydrogens is 104 g/mol. The van der Waals surface area contributed by atoms with Gasteiger partial charge < -0.3 is 0 Å². The summed E-state index contributed by atoms with van der Waals surface area (Å²) in [6.07, 6.45) is 0. The van der Waals surface area contributed by atoms with E-state index in [0.717, 1.165) is 0 Å². The van der Waals surface area contributed by atoms with Crippen LogP contribution in [-0.4, -0.2) is 18.3 Å². The second kappa shape index (κ2) is 1.93. The van der Waals surface area contributed by atoms with Crippen LogP contribution < -0.4 is 0 Å². The van der Waals surface area contributed by atoms with E-state index in [1.165, 1.54) is 10.2 Å². The van der Waals surface area contributed by atoms with E-state index in [1.807, 2.05) is 0 Å². The van der Waals surface area contributed by atoms with Crippen molar-refractivity contribution in [2.45, 2.75) is 25.3 Å². The Labute approximate surface area is 44.4 Å². The Hall–Kier alpha value is 0.434. The Balaban J connectivity index is 3.17. The predicted octanol–water partition coefficient (Wildman–Crippen LogP) is 0.647. The quantitative estimate of drug-likeness (QED) is 0.444. The minimum absolute atomic E-state index is 0.569. The maximum Gasteiger partial charge on any atom is 0.0408 e. The smallest absolute Gasteiger partial charge is 0.0408 e. The van der Waals surface area contributed by atoms with Crippen molar-refractivity contribution < 1.29 is 0 Å².